The van der Waals surface area contributed by atoms with Crippen molar-refractivity contribution in [2.24, 2.45) is 0 Å². The molecule has 0 spiro atoms. The molecule has 0 bridgehead atoms. The summed E-state index contributed by atoms with van der Waals surface area (Å²) in [5.41, 5.74) is 1.18. The van der Waals surface area contributed by atoms with Gasteiger partial charge < -0.3 is 4.52 Å². The van der Waals surface area contributed by atoms with Gasteiger partial charge in [-0.25, -0.2) is 0 Å². The molecule has 0 fully saturated rings. The molecular formula is C13H10N4O2S. The van der Waals surface area contributed by atoms with Crippen molar-refractivity contribution in [2.75, 3.05) is 5.32 Å². The third-order valence-corrected chi connectivity index (χ3v) is 3.39. The molecule has 0 unspecified atom stereocenters. The zero-order valence-corrected chi connectivity index (χ0v) is 11.3. The van der Waals surface area contributed by atoms with Gasteiger partial charge in [-0.1, -0.05) is 34.7 Å². The average molecular weight is 286 g/mol. The van der Waals surface area contributed by atoms with Crippen LogP contribution in [0.1, 0.15) is 16.1 Å². The van der Waals surface area contributed by atoms with Crippen molar-refractivity contribution in [3.05, 3.63) is 47.7 Å². The second-order valence-corrected chi connectivity index (χ2v) is 5.03. The van der Waals surface area contributed by atoms with Gasteiger partial charge in [-0.15, -0.1) is 10.2 Å². The molecule has 0 aliphatic heterocycles. The van der Waals surface area contributed by atoms with Gasteiger partial charge in [0.15, 0.2) is 5.01 Å². The molecule has 3 aromatic rings. The molecule has 6 nitrogen and oxygen atoms in total. The number of aromatic nitrogens is 3. The van der Waals surface area contributed by atoms with E-state index in [1.54, 1.807) is 37.3 Å². The van der Waals surface area contributed by atoms with Crippen LogP contribution in [0.5, 0.6) is 0 Å². The van der Waals surface area contributed by atoms with Crippen molar-refractivity contribution >= 4 is 22.4 Å². The van der Waals surface area contributed by atoms with E-state index in [0.29, 0.717) is 27.2 Å². The van der Waals surface area contributed by atoms with Crippen LogP contribution in [0.15, 0.2) is 40.9 Å². The molecule has 0 saturated heterocycles. The smallest absolute Gasteiger partial charge is 0.257 e. The summed E-state index contributed by atoms with van der Waals surface area (Å²) in [5, 5.41) is 15.5. The van der Waals surface area contributed by atoms with Crippen LogP contribution in [-0.2, 0) is 0 Å². The molecule has 0 aliphatic rings. The highest BCUT2D eigenvalue weighted by Gasteiger charge is 2.13. The number of hydrogen-bond acceptors (Lipinski definition) is 6. The number of aryl methyl sites for hydroxylation is 1. The van der Waals surface area contributed by atoms with E-state index < -0.39 is 0 Å². The van der Waals surface area contributed by atoms with E-state index in [4.69, 9.17) is 4.52 Å². The molecule has 0 aliphatic carbocycles. The molecule has 100 valence electrons. The van der Waals surface area contributed by atoms with E-state index >= 15 is 0 Å². The number of amides is 1. The zero-order valence-electron chi connectivity index (χ0n) is 10.5. The summed E-state index contributed by atoms with van der Waals surface area (Å²) in [7, 11) is 0. The molecule has 7 heteroatoms. The minimum absolute atomic E-state index is 0.218. The van der Waals surface area contributed by atoms with E-state index in [1.807, 2.05) is 6.07 Å². The summed E-state index contributed by atoms with van der Waals surface area (Å²) in [6, 6.07) is 10.7. The number of benzene rings is 1. The van der Waals surface area contributed by atoms with Crippen LogP contribution in [0.2, 0.25) is 0 Å². The summed E-state index contributed by atoms with van der Waals surface area (Å²) >= 11 is 1.25. The molecule has 2 heterocycles. The second kappa shape index (κ2) is 5.22. The predicted octanol–water partition coefficient (Wildman–Crippen LogP) is 2.75. The summed E-state index contributed by atoms with van der Waals surface area (Å²) < 4.78 is 4.98. The lowest BCUT2D eigenvalue weighted by atomic mass is 10.2. The Morgan fingerprint density at radius 1 is 1.25 bits per heavy atom. The quantitative estimate of drug-likeness (QED) is 0.800. The van der Waals surface area contributed by atoms with Crippen molar-refractivity contribution < 1.29 is 9.32 Å². The monoisotopic (exact) mass is 286 g/mol. The maximum Gasteiger partial charge on any atom is 0.257 e. The Hall–Kier alpha value is -2.54. The molecule has 0 atom stereocenters. The second-order valence-electron chi connectivity index (χ2n) is 4.06. The van der Waals surface area contributed by atoms with Crippen molar-refractivity contribution in [3.8, 4) is 10.7 Å². The molecule has 0 radical (unpaired) electrons. The topological polar surface area (TPSA) is 80.9 Å². The average Bonchev–Trinajstić information content (AvgIpc) is 3.09. The number of nitrogens with zero attached hydrogens (tertiary/aromatic N) is 3. The molecule has 1 N–H and O–H groups in total. The standard InChI is InChI=1S/C13H10N4O2S/c1-8-7-10(17-19-8)12-15-16-13(20-12)14-11(18)9-5-3-2-4-6-9/h2-7H,1H3,(H,14,16,18). The fourth-order valence-electron chi connectivity index (χ4n) is 1.60. The van der Waals surface area contributed by atoms with Gasteiger partial charge in [0.25, 0.3) is 5.91 Å². The lowest BCUT2D eigenvalue weighted by Gasteiger charge is -1.99. The van der Waals surface area contributed by atoms with Gasteiger partial charge in [-0.05, 0) is 19.1 Å². The van der Waals surface area contributed by atoms with Crippen LogP contribution in [-0.4, -0.2) is 21.3 Å². The first-order valence-corrected chi connectivity index (χ1v) is 6.67. The summed E-state index contributed by atoms with van der Waals surface area (Å²) in [6.07, 6.45) is 0. The fraction of sp³-hybridized carbons (Fsp3) is 0.0769. The Morgan fingerprint density at radius 2 is 2.05 bits per heavy atom. The normalized spacial score (nSPS) is 10.4. The SMILES string of the molecule is Cc1cc(-c2nnc(NC(=O)c3ccccc3)s2)no1. The number of carbonyl (C=O) groups is 1. The lowest BCUT2D eigenvalue weighted by molar-refractivity contribution is 0.102. The number of nitrogens with one attached hydrogen (secondary N) is 1. The molecule has 2 aromatic heterocycles. The van der Waals surface area contributed by atoms with Gasteiger partial charge in [-0.3, -0.25) is 10.1 Å². The first kappa shape index (κ1) is 12.5. The number of anilines is 1. The number of hydrogen-bond donors (Lipinski definition) is 1. The van der Waals surface area contributed by atoms with Crippen molar-refractivity contribution in [3.63, 3.8) is 0 Å². The molecular weight excluding hydrogens is 276 g/mol. The Morgan fingerprint density at radius 3 is 2.75 bits per heavy atom. The van der Waals surface area contributed by atoms with Crippen LogP contribution in [0.4, 0.5) is 5.13 Å². The summed E-state index contributed by atoms with van der Waals surface area (Å²) in [6.45, 7) is 1.80. The highest BCUT2D eigenvalue weighted by molar-refractivity contribution is 7.18. The van der Waals surface area contributed by atoms with Crippen molar-refractivity contribution in [2.45, 2.75) is 6.92 Å². The van der Waals surface area contributed by atoms with Crippen LogP contribution < -0.4 is 5.32 Å². The summed E-state index contributed by atoms with van der Waals surface area (Å²) in [5.74, 6) is 0.481. The Balaban J connectivity index is 1.76. The van der Waals surface area contributed by atoms with Gasteiger partial charge in [0.2, 0.25) is 5.13 Å². The van der Waals surface area contributed by atoms with Crippen LogP contribution in [0.3, 0.4) is 0 Å². The third kappa shape index (κ3) is 2.57. The summed E-state index contributed by atoms with van der Waals surface area (Å²) in [4.78, 5) is 12.0. The lowest BCUT2D eigenvalue weighted by Crippen LogP contribution is -2.11. The first-order chi connectivity index (χ1) is 9.72. The number of carbonyl (C=O) groups excluding carboxylic acids is 1. The zero-order chi connectivity index (χ0) is 13.9. The third-order valence-electron chi connectivity index (χ3n) is 2.53. The Labute approximate surface area is 118 Å². The Bertz CT molecular complexity index is 736. The van der Waals surface area contributed by atoms with Crippen LogP contribution in [0, 0.1) is 6.92 Å². The van der Waals surface area contributed by atoms with Crippen molar-refractivity contribution in [1.82, 2.24) is 15.4 Å². The Kier molecular flexibility index (Phi) is 3.26. The largest absolute Gasteiger partial charge is 0.361 e. The van der Waals surface area contributed by atoms with Gasteiger partial charge in [0.05, 0.1) is 0 Å². The van der Waals surface area contributed by atoms with Crippen molar-refractivity contribution in [1.29, 1.82) is 0 Å². The highest BCUT2D eigenvalue weighted by atomic mass is 32.1. The van der Waals surface area contributed by atoms with Gasteiger partial charge in [0.1, 0.15) is 11.5 Å². The van der Waals surface area contributed by atoms with Crippen LogP contribution in [0.25, 0.3) is 10.7 Å². The maximum atomic E-state index is 12.0. The van der Waals surface area contributed by atoms with E-state index in [1.165, 1.54) is 11.3 Å². The molecule has 0 saturated carbocycles. The predicted molar refractivity (Wildman–Crippen MR) is 74.5 cm³/mol. The molecule has 1 aromatic carbocycles. The minimum atomic E-state index is -0.218. The molecule has 1 amide bonds. The highest BCUT2D eigenvalue weighted by Crippen LogP contribution is 2.25. The van der Waals surface area contributed by atoms with Gasteiger partial charge in [-0.2, -0.15) is 0 Å². The number of rotatable bonds is 3. The van der Waals surface area contributed by atoms with E-state index in [0.717, 1.165) is 0 Å². The fourth-order valence-corrected chi connectivity index (χ4v) is 2.29. The van der Waals surface area contributed by atoms with Gasteiger partial charge in [0, 0.05) is 11.6 Å². The molecule has 20 heavy (non-hydrogen) atoms. The maximum absolute atomic E-state index is 12.0. The van der Waals surface area contributed by atoms with Crippen LogP contribution >= 0.6 is 11.3 Å². The first-order valence-electron chi connectivity index (χ1n) is 5.86. The van der Waals surface area contributed by atoms with E-state index in [2.05, 4.69) is 20.7 Å². The van der Waals surface area contributed by atoms with Gasteiger partial charge >= 0.3 is 0 Å². The van der Waals surface area contributed by atoms with E-state index in [9.17, 15) is 4.79 Å². The van der Waals surface area contributed by atoms with E-state index in [-0.39, 0.29) is 5.91 Å². The molecule has 3 rings (SSSR count). The minimum Gasteiger partial charge on any atom is -0.361 e.